The molecule has 1 fully saturated rings. The number of para-hydroxylation sites is 1. The SMILES string of the molecule is CSCC[C@@H](NC(=O)[C@@H]1CCCN1C(=O)[C@@H](Cc1cnc[nH]1)NC(=O)[C@@H](Cc1c[nH]c2ccccc12)NC(=O)[C@H](N)Cc1ccc(O)cc1)C(=O)N[C@H](CCC(=O)O)C(=O)N[C@H](C)C(=O)N[C@H](CC(C)C)C(=O)O. The molecule has 0 radical (unpaired) electrons. The number of phenols is 1. The van der Waals surface area contributed by atoms with Crippen molar-refractivity contribution in [2.45, 2.75) is 127 Å². The summed E-state index contributed by atoms with van der Waals surface area (Å²) in [5.74, 6) is -7.53. The zero-order chi connectivity index (χ0) is 54.1. The second kappa shape index (κ2) is 27.5. The fraction of sp³-hybridized carbons (Fsp3) is 0.480. The summed E-state index contributed by atoms with van der Waals surface area (Å²) in [4.78, 5) is 133. The number of amides is 7. The smallest absolute Gasteiger partial charge is 0.326 e. The number of nitrogens with one attached hydrogen (secondary N) is 8. The first kappa shape index (κ1) is 57.4. The summed E-state index contributed by atoms with van der Waals surface area (Å²) in [7, 11) is 0. The van der Waals surface area contributed by atoms with Crippen molar-refractivity contribution in [2.75, 3.05) is 18.6 Å². The number of nitrogens with zero attached hydrogens (tertiary/aromatic N) is 2. The van der Waals surface area contributed by atoms with E-state index >= 15 is 0 Å². The van der Waals surface area contributed by atoms with Crippen molar-refractivity contribution < 1.29 is 58.5 Å². The van der Waals surface area contributed by atoms with E-state index in [1.807, 2.05) is 24.3 Å². The predicted molar refractivity (Wildman–Crippen MR) is 273 cm³/mol. The third-order valence-corrected chi connectivity index (χ3v) is 13.1. The molecule has 1 aliphatic heterocycles. The second-order valence-corrected chi connectivity index (χ2v) is 19.7. The van der Waals surface area contributed by atoms with Crippen LogP contribution in [0, 0.1) is 5.92 Å². The number of aromatic nitrogens is 3. The summed E-state index contributed by atoms with van der Waals surface area (Å²) in [6.45, 7) is 4.96. The van der Waals surface area contributed by atoms with Gasteiger partial charge in [0.2, 0.25) is 41.4 Å². The lowest BCUT2D eigenvalue weighted by Crippen LogP contribution is -2.60. The molecular formula is C50H67N11O12S. The van der Waals surface area contributed by atoms with Crippen LogP contribution in [0.15, 0.2) is 67.3 Å². The number of aromatic amines is 2. The van der Waals surface area contributed by atoms with Gasteiger partial charge in [0.05, 0.1) is 12.4 Å². The Morgan fingerprint density at radius 1 is 0.757 bits per heavy atom. The number of carboxylic acids is 2. The number of aromatic hydroxyl groups is 1. The number of hydrogen-bond donors (Lipinski definition) is 12. The summed E-state index contributed by atoms with van der Waals surface area (Å²) in [5, 5.41) is 45.3. The highest BCUT2D eigenvalue weighted by Gasteiger charge is 2.40. The lowest BCUT2D eigenvalue weighted by atomic mass is 10.0. The molecule has 400 valence electrons. The number of carbonyl (C=O) groups is 9. The van der Waals surface area contributed by atoms with E-state index in [0.717, 1.165) is 10.9 Å². The Kier molecular flexibility index (Phi) is 21.4. The number of benzene rings is 2. The lowest BCUT2D eigenvalue weighted by molar-refractivity contribution is -0.143. The molecule has 0 aliphatic carbocycles. The quantitative estimate of drug-likeness (QED) is 0.0371. The van der Waals surface area contributed by atoms with Crippen LogP contribution in [-0.2, 0) is 62.4 Å². The monoisotopic (exact) mass is 1050 g/mol. The maximum atomic E-state index is 14.7. The van der Waals surface area contributed by atoms with Crippen molar-refractivity contribution >= 4 is 76.0 Å². The lowest BCUT2D eigenvalue weighted by Gasteiger charge is -2.31. The zero-order valence-electron chi connectivity index (χ0n) is 41.7. The minimum absolute atomic E-state index is 0.00837. The van der Waals surface area contributed by atoms with E-state index in [-0.39, 0.29) is 56.7 Å². The van der Waals surface area contributed by atoms with Gasteiger partial charge in [-0.05, 0) is 92.7 Å². The van der Waals surface area contributed by atoms with E-state index in [1.165, 1.54) is 48.2 Å². The van der Waals surface area contributed by atoms with E-state index in [2.05, 4.69) is 46.9 Å². The minimum Gasteiger partial charge on any atom is -0.508 e. The molecule has 4 aromatic rings. The molecule has 23 nitrogen and oxygen atoms in total. The number of fused-ring (bicyclic) bond motifs is 1. The summed E-state index contributed by atoms with van der Waals surface area (Å²) in [6, 6.07) is 3.51. The molecule has 8 atom stereocenters. The van der Waals surface area contributed by atoms with Crippen molar-refractivity contribution in [3.8, 4) is 5.75 Å². The highest BCUT2D eigenvalue weighted by atomic mass is 32.2. The number of nitrogens with two attached hydrogens (primary N) is 1. The largest absolute Gasteiger partial charge is 0.508 e. The van der Waals surface area contributed by atoms with Crippen LogP contribution in [0.3, 0.4) is 0 Å². The molecule has 1 saturated heterocycles. The number of hydrogen-bond acceptors (Lipinski definition) is 13. The van der Waals surface area contributed by atoms with Gasteiger partial charge < -0.3 is 67.8 Å². The summed E-state index contributed by atoms with van der Waals surface area (Å²) in [5.41, 5.74) is 8.97. The van der Waals surface area contributed by atoms with Crippen LogP contribution in [-0.4, -0.2) is 155 Å². The Hall–Kier alpha value is -7.47. The topological polar surface area (TPSA) is 360 Å². The van der Waals surface area contributed by atoms with E-state index in [4.69, 9.17) is 5.73 Å². The minimum atomic E-state index is -1.50. The van der Waals surface area contributed by atoms with Crippen molar-refractivity contribution in [1.29, 1.82) is 0 Å². The molecule has 74 heavy (non-hydrogen) atoms. The average molecular weight is 1050 g/mol. The average Bonchev–Trinajstić information content (AvgIpc) is 4.16. The fourth-order valence-electron chi connectivity index (χ4n) is 8.53. The van der Waals surface area contributed by atoms with Crippen LogP contribution in [0.1, 0.15) is 76.1 Å². The first-order chi connectivity index (χ1) is 35.2. The van der Waals surface area contributed by atoms with Crippen LogP contribution >= 0.6 is 11.8 Å². The molecule has 0 unspecified atom stereocenters. The van der Waals surface area contributed by atoms with Gasteiger partial charge in [-0.2, -0.15) is 11.8 Å². The number of phenolic OH excluding ortho intramolecular Hbond substituents is 1. The number of aliphatic carboxylic acids is 2. The third kappa shape index (κ3) is 16.8. The van der Waals surface area contributed by atoms with Crippen molar-refractivity contribution in [3.63, 3.8) is 0 Å². The molecule has 2 aromatic carbocycles. The van der Waals surface area contributed by atoms with Gasteiger partial charge in [-0.15, -0.1) is 0 Å². The van der Waals surface area contributed by atoms with Gasteiger partial charge in [0, 0.05) is 54.8 Å². The summed E-state index contributed by atoms with van der Waals surface area (Å²) < 4.78 is 0. The van der Waals surface area contributed by atoms with Gasteiger partial charge in [0.1, 0.15) is 48.0 Å². The first-order valence-electron chi connectivity index (χ1n) is 24.4. The van der Waals surface area contributed by atoms with Crippen LogP contribution in [0.25, 0.3) is 10.9 Å². The number of rotatable bonds is 28. The Morgan fingerprint density at radius 2 is 1.41 bits per heavy atom. The van der Waals surface area contributed by atoms with Gasteiger partial charge in [-0.25, -0.2) is 9.78 Å². The van der Waals surface area contributed by atoms with Crippen LogP contribution in [0.4, 0.5) is 0 Å². The Bertz CT molecular complexity index is 2590. The number of H-pyrrole nitrogens is 2. The normalized spacial score (nSPS) is 16.2. The molecule has 1 aliphatic rings. The summed E-state index contributed by atoms with van der Waals surface area (Å²) >= 11 is 1.36. The van der Waals surface area contributed by atoms with Crippen molar-refractivity contribution in [3.05, 3.63) is 84.1 Å². The van der Waals surface area contributed by atoms with E-state index in [9.17, 15) is 58.5 Å². The molecule has 5 rings (SSSR count). The number of carbonyl (C=O) groups excluding carboxylic acids is 7. The fourth-order valence-corrected chi connectivity index (χ4v) is 9.00. The first-order valence-corrected chi connectivity index (χ1v) is 25.8. The highest BCUT2D eigenvalue weighted by molar-refractivity contribution is 7.98. The Balaban J connectivity index is 1.33. The van der Waals surface area contributed by atoms with Crippen LogP contribution in [0.2, 0.25) is 0 Å². The van der Waals surface area contributed by atoms with Gasteiger partial charge in [0.25, 0.3) is 0 Å². The molecule has 7 amide bonds. The molecule has 13 N–H and O–H groups in total. The number of likely N-dealkylation sites (tertiary alicyclic amines) is 1. The van der Waals surface area contributed by atoms with Gasteiger partial charge in [0.15, 0.2) is 0 Å². The zero-order valence-corrected chi connectivity index (χ0v) is 42.5. The Labute approximate surface area is 431 Å². The maximum absolute atomic E-state index is 14.7. The van der Waals surface area contributed by atoms with Crippen LogP contribution < -0.4 is 37.6 Å². The van der Waals surface area contributed by atoms with Crippen molar-refractivity contribution in [1.82, 2.24) is 51.8 Å². The van der Waals surface area contributed by atoms with E-state index in [1.54, 1.807) is 38.4 Å². The van der Waals surface area contributed by atoms with E-state index in [0.29, 0.717) is 29.0 Å². The summed E-state index contributed by atoms with van der Waals surface area (Å²) in [6.07, 6.45) is 6.13. The predicted octanol–water partition coefficient (Wildman–Crippen LogP) is 0.620. The molecule has 2 aromatic heterocycles. The molecule has 0 saturated carbocycles. The molecular weight excluding hydrogens is 979 g/mol. The van der Waals surface area contributed by atoms with E-state index < -0.39 is 114 Å². The second-order valence-electron chi connectivity index (χ2n) is 18.7. The maximum Gasteiger partial charge on any atom is 0.326 e. The van der Waals surface area contributed by atoms with Crippen molar-refractivity contribution in [2.24, 2.45) is 11.7 Å². The van der Waals surface area contributed by atoms with Crippen LogP contribution in [0.5, 0.6) is 5.75 Å². The van der Waals surface area contributed by atoms with Gasteiger partial charge in [-0.1, -0.05) is 44.2 Å². The highest BCUT2D eigenvalue weighted by Crippen LogP contribution is 2.22. The molecule has 0 bridgehead atoms. The standard InChI is InChI=1S/C50H67N11O12S/c1-27(2)20-40(50(72)73)60-43(65)28(3)55-45(67)36(15-16-42(63)64)56-46(68)37(17-19-74-4)57-48(70)41-10-7-18-61(41)49(71)39(23-31-25-52-26-54-31)59-47(69)38(22-30-24-53-35-9-6-5-8-33(30)35)58-44(66)34(51)21-29-11-13-32(62)14-12-29/h5-6,8-9,11-14,24-28,34,36-41,53,62H,7,10,15-23,51H2,1-4H3,(H,52,54)(H,55,67)(H,56,68)(H,57,70)(H,58,66)(H,59,69)(H,60,65)(H,63,64)(H,72,73)/t28-,34-,36-,37-,38-,39-,40-,41+/m1/s1. The Morgan fingerprint density at radius 3 is 2.07 bits per heavy atom. The number of thioether (sulfide) groups is 1. The molecule has 24 heteroatoms. The van der Waals surface area contributed by atoms with Gasteiger partial charge in [-0.3, -0.25) is 38.4 Å². The van der Waals surface area contributed by atoms with Gasteiger partial charge >= 0.3 is 11.9 Å². The molecule has 0 spiro atoms. The third-order valence-electron chi connectivity index (χ3n) is 12.5. The number of carboxylic acid groups (broad SMARTS) is 2. The molecule has 3 heterocycles. The number of imidazole rings is 1.